The van der Waals surface area contributed by atoms with E-state index in [4.69, 9.17) is 0 Å². The molecule has 0 aliphatic heterocycles. The summed E-state index contributed by atoms with van der Waals surface area (Å²) in [5.74, 6) is 0. The van der Waals surface area contributed by atoms with Gasteiger partial charge < -0.3 is 5.32 Å². The molecule has 1 N–H and O–H groups in total. The van der Waals surface area contributed by atoms with Gasteiger partial charge in [0.05, 0.1) is 11.7 Å². The third-order valence-corrected chi connectivity index (χ3v) is 3.16. The zero-order valence-electron chi connectivity index (χ0n) is 11.4. The average Bonchev–Trinajstić information content (AvgIpc) is 2.66. The van der Waals surface area contributed by atoms with Crippen molar-refractivity contribution in [3.8, 4) is 0 Å². The average molecular weight is 244 g/mol. The molecule has 4 heteroatoms. The van der Waals surface area contributed by atoms with E-state index >= 15 is 0 Å². The van der Waals surface area contributed by atoms with Crippen molar-refractivity contribution in [3.63, 3.8) is 0 Å². The van der Waals surface area contributed by atoms with Gasteiger partial charge in [-0.25, -0.2) is 0 Å². The Morgan fingerprint density at radius 2 is 2.11 bits per heavy atom. The van der Waals surface area contributed by atoms with Gasteiger partial charge in [0.15, 0.2) is 0 Å². The zero-order chi connectivity index (χ0) is 13.1. The lowest BCUT2D eigenvalue weighted by Crippen LogP contribution is -2.23. The summed E-state index contributed by atoms with van der Waals surface area (Å²) in [6.45, 7) is 7.19. The molecule has 2 aromatic rings. The molecule has 2 aromatic heterocycles. The van der Waals surface area contributed by atoms with Gasteiger partial charge >= 0.3 is 0 Å². The number of aryl methyl sites for hydroxylation is 3. The molecule has 18 heavy (non-hydrogen) atoms. The second-order valence-electron chi connectivity index (χ2n) is 4.57. The van der Waals surface area contributed by atoms with Gasteiger partial charge in [-0.2, -0.15) is 5.10 Å². The molecule has 0 radical (unpaired) electrons. The maximum atomic E-state index is 4.43. The van der Waals surface area contributed by atoms with Gasteiger partial charge in [0, 0.05) is 31.2 Å². The van der Waals surface area contributed by atoms with E-state index in [0.717, 1.165) is 12.2 Å². The molecule has 4 nitrogen and oxygen atoms in total. The quantitative estimate of drug-likeness (QED) is 0.896. The molecular weight excluding hydrogens is 224 g/mol. The summed E-state index contributed by atoms with van der Waals surface area (Å²) in [5, 5.41) is 7.94. The van der Waals surface area contributed by atoms with E-state index in [1.54, 1.807) is 0 Å². The number of nitrogens with zero attached hydrogens (tertiary/aromatic N) is 3. The Labute approximate surface area is 108 Å². The summed E-state index contributed by atoms with van der Waals surface area (Å²) >= 11 is 0. The highest BCUT2D eigenvalue weighted by molar-refractivity contribution is 5.35. The molecule has 0 aromatic carbocycles. The van der Waals surface area contributed by atoms with E-state index in [2.05, 4.69) is 35.4 Å². The fourth-order valence-electron chi connectivity index (χ4n) is 2.27. The molecule has 2 heterocycles. The van der Waals surface area contributed by atoms with Gasteiger partial charge in [0.25, 0.3) is 0 Å². The number of rotatable bonds is 4. The second kappa shape index (κ2) is 5.31. The van der Waals surface area contributed by atoms with Crippen LogP contribution in [0.2, 0.25) is 0 Å². The molecule has 0 amide bonds. The van der Waals surface area contributed by atoms with Crippen LogP contribution in [0.25, 0.3) is 0 Å². The maximum absolute atomic E-state index is 4.43. The van der Waals surface area contributed by atoms with Crippen LogP contribution in [0.4, 0.5) is 0 Å². The van der Waals surface area contributed by atoms with Gasteiger partial charge in [-0.05, 0) is 37.6 Å². The summed E-state index contributed by atoms with van der Waals surface area (Å²) in [4.78, 5) is 4.24. The number of pyridine rings is 1. The van der Waals surface area contributed by atoms with Gasteiger partial charge in [-0.1, -0.05) is 6.92 Å². The highest BCUT2D eigenvalue weighted by atomic mass is 15.3. The Kier molecular flexibility index (Phi) is 3.77. The smallest absolute Gasteiger partial charge is 0.0644 e. The monoisotopic (exact) mass is 244 g/mol. The van der Waals surface area contributed by atoms with Crippen molar-refractivity contribution in [2.75, 3.05) is 6.54 Å². The van der Waals surface area contributed by atoms with Crippen LogP contribution in [0.1, 0.15) is 35.3 Å². The highest BCUT2D eigenvalue weighted by Gasteiger charge is 2.19. The van der Waals surface area contributed by atoms with Crippen LogP contribution in [0, 0.1) is 13.8 Å². The van der Waals surface area contributed by atoms with E-state index in [9.17, 15) is 0 Å². The van der Waals surface area contributed by atoms with E-state index < -0.39 is 0 Å². The third kappa shape index (κ3) is 2.43. The first kappa shape index (κ1) is 12.8. The fraction of sp³-hybridized carbons (Fsp3) is 0.429. The first-order chi connectivity index (χ1) is 8.63. The number of nitrogens with one attached hydrogen (secondary N) is 1. The van der Waals surface area contributed by atoms with Crippen LogP contribution in [-0.4, -0.2) is 21.3 Å². The number of aromatic nitrogens is 3. The van der Waals surface area contributed by atoms with Crippen LogP contribution in [0.3, 0.4) is 0 Å². The van der Waals surface area contributed by atoms with Crippen LogP contribution < -0.4 is 5.32 Å². The molecule has 0 saturated carbocycles. The Morgan fingerprint density at radius 3 is 2.67 bits per heavy atom. The molecule has 96 valence electrons. The Morgan fingerprint density at radius 1 is 1.33 bits per heavy atom. The summed E-state index contributed by atoms with van der Waals surface area (Å²) in [7, 11) is 1.95. The molecule has 0 spiro atoms. The zero-order valence-corrected chi connectivity index (χ0v) is 11.4. The minimum Gasteiger partial charge on any atom is -0.306 e. The largest absolute Gasteiger partial charge is 0.306 e. The molecule has 0 aliphatic carbocycles. The lowest BCUT2D eigenvalue weighted by molar-refractivity contribution is 0.622. The predicted molar refractivity (Wildman–Crippen MR) is 72.4 cm³/mol. The van der Waals surface area contributed by atoms with E-state index in [0.29, 0.717) is 0 Å². The van der Waals surface area contributed by atoms with Crippen molar-refractivity contribution in [3.05, 3.63) is 47.0 Å². The minimum atomic E-state index is 0.164. The SMILES string of the molecule is CCNC(c1cnccc1C)c1cn(C)nc1C. The van der Waals surface area contributed by atoms with Gasteiger partial charge in [0.1, 0.15) is 0 Å². The molecule has 0 saturated heterocycles. The molecule has 2 rings (SSSR count). The van der Waals surface area contributed by atoms with Crippen LogP contribution in [0.15, 0.2) is 24.7 Å². The van der Waals surface area contributed by atoms with Crippen molar-refractivity contribution in [1.29, 1.82) is 0 Å². The topological polar surface area (TPSA) is 42.7 Å². The first-order valence-electron chi connectivity index (χ1n) is 6.27. The highest BCUT2D eigenvalue weighted by Crippen LogP contribution is 2.25. The number of hydrogen-bond acceptors (Lipinski definition) is 3. The Hall–Kier alpha value is -1.68. The van der Waals surface area contributed by atoms with Crippen molar-refractivity contribution < 1.29 is 0 Å². The molecule has 0 bridgehead atoms. The standard InChI is InChI=1S/C14H20N4/c1-5-16-14(12-8-15-7-6-10(12)2)13-9-18(4)17-11(13)3/h6-9,14,16H,5H2,1-4H3. The maximum Gasteiger partial charge on any atom is 0.0644 e. The van der Waals surface area contributed by atoms with E-state index in [1.807, 2.05) is 37.1 Å². The lowest BCUT2D eigenvalue weighted by atomic mass is 9.97. The Balaban J connectivity index is 2.46. The number of hydrogen-bond donors (Lipinski definition) is 1. The van der Waals surface area contributed by atoms with E-state index in [1.165, 1.54) is 16.7 Å². The van der Waals surface area contributed by atoms with Crippen molar-refractivity contribution in [2.24, 2.45) is 7.05 Å². The van der Waals surface area contributed by atoms with Crippen LogP contribution >= 0.6 is 0 Å². The van der Waals surface area contributed by atoms with Crippen molar-refractivity contribution in [2.45, 2.75) is 26.8 Å². The third-order valence-electron chi connectivity index (χ3n) is 3.16. The van der Waals surface area contributed by atoms with Crippen molar-refractivity contribution >= 4 is 0 Å². The lowest BCUT2D eigenvalue weighted by Gasteiger charge is -2.19. The molecule has 0 fully saturated rings. The van der Waals surface area contributed by atoms with Crippen LogP contribution in [0.5, 0.6) is 0 Å². The van der Waals surface area contributed by atoms with Crippen LogP contribution in [-0.2, 0) is 7.05 Å². The van der Waals surface area contributed by atoms with Gasteiger partial charge in [0.2, 0.25) is 0 Å². The second-order valence-corrected chi connectivity index (χ2v) is 4.57. The summed E-state index contributed by atoms with van der Waals surface area (Å²) in [5.41, 5.74) is 4.75. The molecular formula is C14H20N4. The normalized spacial score (nSPS) is 12.7. The fourth-order valence-corrected chi connectivity index (χ4v) is 2.27. The molecule has 1 unspecified atom stereocenters. The predicted octanol–water partition coefficient (Wildman–Crippen LogP) is 2.13. The summed E-state index contributed by atoms with van der Waals surface area (Å²) < 4.78 is 1.86. The minimum absolute atomic E-state index is 0.164. The van der Waals surface area contributed by atoms with Gasteiger partial charge in [-0.3, -0.25) is 9.67 Å². The van der Waals surface area contributed by atoms with Crippen molar-refractivity contribution in [1.82, 2.24) is 20.1 Å². The molecule has 0 aliphatic rings. The molecule has 1 atom stereocenters. The first-order valence-corrected chi connectivity index (χ1v) is 6.27. The summed E-state index contributed by atoms with van der Waals surface area (Å²) in [6, 6.07) is 2.21. The van der Waals surface area contributed by atoms with E-state index in [-0.39, 0.29) is 6.04 Å². The summed E-state index contributed by atoms with van der Waals surface area (Å²) in [6.07, 6.45) is 5.85. The Bertz CT molecular complexity index is 530. The van der Waals surface area contributed by atoms with Gasteiger partial charge in [-0.15, -0.1) is 0 Å².